The SMILES string of the molecule is C[C@@H](Nc1n[nH]c(=O)[nH]c1=O)C(=O)NN. The number of aromatic amines is 2. The zero-order valence-electron chi connectivity index (χ0n) is 7.83. The summed E-state index contributed by atoms with van der Waals surface area (Å²) in [6.45, 7) is 1.48. The van der Waals surface area contributed by atoms with Crippen LogP contribution in [-0.2, 0) is 4.79 Å². The largest absolute Gasteiger partial charge is 0.353 e. The van der Waals surface area contributed by atoms with Crippen LogP contribution in [-0.4, -0.2) is 27.1 Å². The molecule has 0 aliphatic carbocycles. The lowest BCUT2D eigenvalue weighted by Gasteiger charge is -2.10. The molecular formula is C6H10N6O3. The quantitative estimate of drug-likeness (QED) is 0.209. The number of rotatable bonds is 3. The summed E-state index contributed by atoms with van der Waals surface area (Å²) in [7, 11) is 0. The topological polar surface area (TPSA) is 146 Å². The summed E-state index contributed by atoms with van der Waals surface area (Å²) in [4.78, 5) is 34.7. The molecular weight excluding hydrogens is 204 g/mol. The summed E-state index contributed by atoms with van der Waals surface area (Å²) >= 11 is 0. The molecule has 1 aromatic heterocycles. The van der Waals surface area contributed by atoms with Gasteiger partial charge in [0.1, 0.15) is 6.04 Å². The van der Waals surface area contributed by atoms with Crippen LogP contribution in [0.2, 0.25) is 0 Å². The predicted molar refractivity (Wildman–Crippen MR) is 50.9 cm³/mol. The van der Waals surface area contributed by atoms with Crippen LogP contribution < -0.4 is 27.8 Å². The molecule has 0 saturated heterocycles. The summed E-state index contributed by atoms with van der Waals surface area (Å²) in [5.74, 6) is 4.21. The van der Waals surface area contributed by atoms with Crippen molar-refractivity contribution in [2.75, 3.05) is 5.32 Å². The van der Waals surface area contributed by atoms with Crippen molar-refractivity contribution >= 4 is 11.7 Å². The van der Waals surface area contributed by atoms with E-state index < -0.39 is 23.2 Å². The highest BCUT2D eigenvalue weighted by atomic mass is 16.2. The lowest BCUT2D eigenvalue weighted by molar-refractivity contribution is -0.121. The summed E-state index contributed by atoms with van der Waals surface area (Å²) in [5.41, 5.74) is 0.469. The molecule has 0 spiro atoms. The molecule has 1 heterocycles. The van der Waals surface area contributed by atoms with E-state index in [0.717, 1.165) is 0 Å². The van der Waals surface area contributed by atoms with Gasteiger partial charge in [-0.05, 0) is 6.92 Å². The number of nitrogens with one attached hydrogen (secondary N) is 4. The van der Waals surface area contributed by atoms with E-state index in [4.69, 9.17) is 5.84 Å². The smallest absolute Gasteiger partial charge is 0.342 e. The number of amides is 1. The van der Waals surface area contributed by atoms with Crippen molar-refractivity contribution in [2.24, 2.45) is 5.84 Å². The van der Waals surface area contributed by atoms with Crippen LogP contribution in [0.4, 0.5) is 5.82 Å². The van der Waals surface area contributed by atoms with Crippen molar-refractivity contribution in [1.29, 1.82) is 0 Å². The maximum absolute atomic E-state index is 11.1. The van der Waals surface area contributed by atoms with E-state index in [1.165, 1.54) is 6.92 Å². The van der Waals surface area contributed by atoms with E-state index in [0.29, 0.717) is 0 Å². The molecule has 0 radical (unpaired) electrons. The first kappa shape index (κ1) is 10.9. The highest BCUT2D eigenvalue weighted by molar-refractivity contribution is 5.83. The Labute approximate surface area is 83.0 Å². The van der Waals surface area contributed by atoms with Gasteiger partial charge in [0, 0.05) is 0 Å². The van der Waals surface area contributed by atoms with Gasteiger partial charge in [-0.1, -0.05) is 0 Å². The number of aromatic nitrogens is 3. The summed E-state index contributed by atoms with van der Waals surface area (Å²) in [5, 5.41) is 7.91. The zero-order chi connectivity index (χ0) is 11.4. The second-order valence-electron chi connectivity index (χ2n) is 2.73. The van der Waals surface area contributed by atoms with Gasteiger partial charge in [0.2, 0.25) is 5.82 Å². The third-order valence-corrected chi connectivity index (χ3v) is 1.60. The van der Waals surface area contributed by atoms with E-state index in [9.17, 15) is 14.4 Å². The molecule has 1 amide bonds. The van der Waals surface area contributed by atoms with Gasteiger partial charge >= 0.3 is 5.69 Å². The van der Waals surface area contributed by atoms with Gasteiger partial charge in [-0.3, -0.25) is 20.0 Å². The summed E-state index contributed by atoms with van der Waals surface area (Å²) < 4.78 is 0. The molecule has 0 aliphatic heterocycles. The Hall–Kier alpha value is -2.16. The molecule has 0 bridgehead atoms. The zero-order valence-corrected chi connectivity index (χ0v) is 7.83. The fourth-order valence-corrected chi connectivity index (χ4v) is 0.841. The molecule has 0 fully saturated rings. The Balaban J connectivity index is 2.86. The molecule has 0 aromatic carbocycles. The predicted octanol–water partition coefficient (Wildman–Crippen LogP) is -2.75. The third-order valence-electron chi connectivity index (χ3n) is 1.60. The average molecular weight is 214 g/mol. The van der Waals surface area contributed by atoms with Crippen molar-refractivity contribution in [3.63, 3.8) is 0 Å². The Morgan fingerprint density at radius 1 is 1.53 bits per heavy atom. The number of hydrogen-bond donors (Lipinski definition) is 5. The van der Waals surface area contributed by atoms with E-state index >= 15 is 0 Å². The Morgan fingerprint density at radius 3 is 2.73 bits per heavy atom. The first-order valence-corrected chi connectivity index (χ1v) is 4.00. The molecule has 9 heteroatoms. The maximum atomic E-state index is 11.1. The fraction of sp³-hybridized carbons (Fsp3) is 0.333. The van der Waals surface area contributed by atoms with Gasteiger partial charge in [0.25, 0.3) is 11.5 Å². The maximum Gasteiger partial charge on any atom is 0.342 e. The molecule has 1 rings (SSSR count). The molecule has 1 atom stereocenters. The molecule has 0 saturated carbocycles. The van der Waals surface area contributed by atoms with Crippen LogP contribution in [0.1, 0.15) is 6.92 Å². The van der Waals surface area contributed by atoms with Crippen molar-refractivity contribution < 1.29 is 4.79 Å². The monoisotopic (exact) mass is 214 g/mol. The normalized spacial score (nSPS) is 11.9. The molecule has 15 heavy (non-hydrogen) atoms. The third kappa shape index (κ3) is 2.64. The fourth-order valence-electron chi connectivity index (χ4n) is 0.841. The van der Waals surface area contributed by atoms with Gasteiger partial charge < -0.3 is 5.32 Å². The Kier molecular flexibility index (Phi) is 3.18. The van der Waals surface area contributed by atoms with Gasteiger partial charge in [0.15, 0.2) is 0 Å². The molecule has 1 aromatic rings. The highest BCUT2D eigenvalue weighted by Crippen LogP contribution is 1.92. The van der Waals surface area contributed by atoms with Crippen molar-refractivity contribution in [1.82, 2.24) is 20.6 Å². The van der Waals surface area contributed by atoms with Crippen molar-refractivity contribution in [2.45, 2.75) is 13.0 Å². The lowest BCUT2D eigenvalue weighted by Crippen LogP contribution is -2.43. The number of carbonyl (C=O) groups excluding carboxylic acids is 1. The molecule has 82 valence electrons. The first-order valence-electron chi connectivity index (χ1n) is 4.00. The van der Waals surface area contributed by atoms with E-state index in [2.05, 4.69) is 10.4 Å². The van der Waals surface area contributed by atoms with Crippen LogP contribution >= 0.6 is 0 Å². The van der Waals surface area contributed by atoms with Gasteiger partial charge in [-0.15, -0.1) is 5.10 Å². The molecule has 6 N–H and O–H groups in total. The molecule has 0 unspecified atom stereocenters. The van der Waals surface area contributed by atoms with Gasteiger partial charge in [-0.2, -0.15) is 0 Å². The second kappa shape index (κ2) is 4.37. The summed E-state index contributed by atoms with van der Waals surface area (Å²) in [6, 6.07) is -0.741. The minimum Gasteiger partial charge on any atom is -0.353 e. The van der Waals surface area contributed by atoms with E-state index in [1.807, 2.05) is 15.5 Å². The Morgan fingerprint density at radius 2 is 2.20 bits per heavy atom. The minimum absolute atomic E-state index is 0.161. The first-order chi connectivity index (χ1) is 7.04. The van der Waals surface area contributed by atoms with Crippen molar-refractivity contribution in [3.05, 3.63) is 20.8 Å². The highest BCUT2D eigenvalue weighted by Gasteiger charge is 2.13. The Bertz CT molecular complexity index is 462. The number of anilines is 1. The second-order valence-corrected chi connectivity index (χ2v) is 2.73. The van der Waals surface area contributed by atoms with Crippen LogP contribution in [0.5, 0.6) is 0 Å². The number of hydrazine groups is 1. The standard InChI is InChI=1S/C6H10N6O3/c1-2(4(13)10-7)8-3-5(14)9-6(15)12-11-3/h2H,7H2,1H3,(H,8,11)(H,10,13)(H2,9,12,14,15)/t2-/m1/s1. The number of carbonyl (C=O) groups is 1. The van der Waals surface area contributed by atoms with Gasteiger partial charge in [-0.25, -0.2) is 15.7 Å². The van der Waals surface area contributed by atoms with Crippen LogP contribution in [0.25, 0.3) is 0 Å². The van der Waals surface area contributed by atoms with E-state index in [-0.39, 0.29) is 5.82 Å². The minimum atomic E-state index is -0.741. The molecule has 0 aliphatic rings. The summed E-state index contributed by atoms with van der Waals surface area (Å²) in [6.07, 6.45) is 0. The van der Waals surface area contributed by atoms with Crippen LogP contribution in [0, 0.1) is 0 Å². The van der Waals surface area contributed by atoms with Crippen LogP contribution in [0.15, 0.2) is 9.59 Å². The number of nitrogens with zero attached hydrogens (tertiary/aromatic N) is 1. The lowest BCUT2D eigenvalue weighted by atomic mass is 10.3. The van der Waals surface area contributed by atoms with Gasteiger partial charge in [0.05, 0.1) is 0 Å². The van der Waals surface area contributed by atoms with E-state index in [1.54, 1.807) is 0 Å². The molecule has 9 nitrogen and oxygen atoms in total. The van der Waals surface area contributed by atoms with Crippen LogP contribution in [0.3, 0.4) is 0 Å². The number of H-pyrrole nitrogens is 2. The van der Waals surface area contributed by atoms with Crippen molar-refractivity contribution in [3.8, 4) is 0 Å². The number of nitrogens with two attached hydrogens (primary N) is 1. The average Bonchev–Trinajstić information content (AvgIpc) is 2.20. The number of hydrogen-bond acceptors (Lipinski definition) is 6.